The molecule has 0 spiro atoms. The molecule has 0 amide bonds. The Morgan fingerprint density at radius 1 is 1.00 bits per heavy atom. The number of nitrogens with one attached hydrogen (secondary N) is 2. The van der Waals surface area contributed by atoms with E-state index >= 15 is 0 Å². The van der Waals surface area contributed by atoms with Gasteiger partial charge in [0.1, 0.15) is 5.75 Å². The first-order chi connectivity index (χ1) is 13.3. The fraction of sp³-hybridized carbons (Fsp3) is 0.0476. The predicted octanol–water partition coefficient (Wildman–Crippen LogP) is 4.63. The summed E-state index contributed by atoms with van der Waals surface area (Å²) in [6.07, 6.45) is 3.80. The normalized spacial score (nSPS) is 11.1. The van der Waals surface area contributed by atoms with Crippen LogP contribution in [-0.4, -0.2) is 26.7 Å². The molecule has 3 aromatic heterocycles. The van der Waals surface area contributed by atoms with Crippen LogP contribution in [-0.2, 0) is 0 Å². The Kier molecular flexibility index (Phi) is 3.53. The zero-order chi connectivity index (χ0) is 18.2. The number of fused-ring (bicyclic) bond motifs is 2. The molecular formula is C21H17N5O. The molecule has 2 N–H and O–H groups in total. The fourth-order valence-electron chi connectivity index (χ4n) is 3.17. The Morgan fingerprint density at radius 3 is 2.74 bits per heavy atom. The van der Waals surface area contributed by atoms with Crippen molar-refractivity contribution in [1.82, 2.24) is 19.6 Å². The highest BCUT2D eigenvalue weighted by Gasteiger charge is 2.09. The third-order valence-electron chi connectivity index (χ3n) is 4.57. The third kappa shape index (κ3) is 2.77. The molecular weight excluding hydrogens is 338 g/mol. The Morgan fingerprint density at radius 2 is 1.89 bits per heavy atom. The third-order valence-corrected chi connectivity index (χ3v) is 4.57. The number of rotatable bonds is 4. The molecule has 3 heterocycles. The second-order valence-electron chi connectivity index (χ2n) is 6.27. The van der Waals surface area contributed by atoms with Crippen molar-refractivity contribution in [3.63, 3.8) is 0 Å². The summed E-state index contributed by atoms with van der Waals surface area (Å²) in [5.74, 6) is 1.57. The number of anilines is 2. The quantitative estimate of drug-likeness (QED) is 0.493. The van der Waals surface area contributed by atoms with E-state index in [1.165, 1.54) is 0 Å². The lowest BCUT2D eigenvalue weighted by molar-refractivity contribution is 0.415. The van der Waals surface area contributed by atoms with E-state index in [-0.39, 0.29) is 0 Å². The van der Waals surface area contributed by atoms with Gasteiger partial charge in [-0.3, -0.25) is 0 Å². The summed E-state index contributed by atoms with van der Waals surface area (Å²) < 4.78 is 7.06. The molecule has 6 heteroatoms. The van der Waals surface area contributed by atoms with Gasteiger partial charge in [0.05, 0.1) is 19.0 Å². The molecule has 5 aromatic rings. The molecule has 0 radical (unpaired) electrons. The lowest BCUT2D eigenvalue weighted by atomic mass is 10.1. The second-order valence-corrected chi connectivity index (χ2v) is 6.27. The number of H-pyrrole nitrogens is 1. The van der Waals surface area contributed by atoms with Crippen LogP contribution in [0.25, 0.3) is 27.8 Å². The van der Waals surface area contributed by atoms with Gasteiger partial charge in [0.15, 0.2) is 11.5 Å². The number of aromatic amines is 1. The largest absolute Gasteiger partial charge is 0.497 e. The molecule has 0 fully saturated rings. The molecule has 0 aliphatic heterocycles. The average Bonchev–Trinajstić information content (AvgIpc) is 3.34. The lowest BCUT2D eigenvalue weighted by Gasteiger charge is -2.08. The molecule has 0 saturated heterocycles. The van der Waals surface area contributed by atoms with Crippen molar-refractivity contribution in [2.24, 2.45) is 0 Å². The summed E-state index contributed by atoms with van der Waals surface area (Å²) in [7, 11) is 1.66. The maximum atomic E-state index is 5.20. The topological polar surface area (TPSA) is 67.2 Å². The first kappa shape index (κ1) is 15.5. The van der Waals surface area contributed by atoms with Crippen molar-refractivity contribution in [3.8, 4) is 17.0 Å². The van der Waals surface area contributed by atoms with Crippen LogP contribution < -0.4 is 10.1 Å². The summed E-state index contributed by atoms with van der Waals surface area (Å²) in [6.45, 7) is 0. The van der Waals surface area contributed by atoms with Gasteiger partial charge in [0, 0.05) is 28.4 Å². The number of benzene rings is 2. The van der Waals surface area contributed by atoms with Gasteiger partial charge in [-0.2, -0.15) is 0 Å². The number of hydrogen-bond donors (Lipinski definition) is 2. The summed E-state index contributed by atoms with van der Waals surface area (Å²) in [4.78, 5) is 7.70. The molecule has 0 saturated carbocycles. The highest BCUT2D eigenvalue weighted by molar-refractivity contribution is 5.84. The van der Waals surface area contributed by atoms with Gasteiger partial charge in [-0.15, -0.1) is 5.10 Å². The second kappa shape index (κ2) is 6.17. The molecule has 2 aromatic carbocycles. The fourth-order valence-corrected chi connectivity index (χ4v) is 3.17. The Labute approximate surface area is 155 Å². The van der Waals surface area contributed by atoms with Crippen LogP contribution in [0.15, 0.2) is 73.1 Å². The van der Waals surface area contributed by atoms with E-state index in [0.717, 1.165) is 45.1 Å². The Bertz CT molecular complexity index is 1240. The molecule has 0 aliphatic rings. The van der Waals surface area contributed by atoms with Crippen molar-refractivity contribution < 1.29 is 4.74 Å². The lowest BCUT2D eigenvalue weighted by Crippen LogP contribution is -2.00. The van der Waals surface area contributed by atoms with Crippen molar-refractivity contribution in [3.05, 3.63) is 73.1 Å². The van der Waals surface area contributed by atoms with Gasteiger partial charge in [-0.1, -0.05) is 6.07 Å². The Hall–Kier alpha value is -3.80. The van der Waals surface area contributed by atoms with E-state index < -0.39 is 0 Å². The number of imidazole rings is 1. The van der Waals surface area contributed by atoms with Crippen molar-refractivity contribution in [1.29, 1.82) is 0 Å². The minimum Gasteiger partial charge on any atom is -0.497 e. The van der Waals surface area contributed by atoms with Crippen molar-refractivity contribution in [2.45, 2.75) is 0 Å². The maximum Gasteiger partial charge on any atom is 0.154 e. The molecule has 0 aliphatic carbocycles. The maximum absolute atomic E-state index is 5.20. The number of methoxy groups -OCH3 is 1. The van der Waals surface area contributed by atoms with Crippen LogP contribution in [0.4, 0.5) is 11.5 Å². The summed E-state index contributed by atoms with van der Waals surface area (Å²) in [5, 5.41) is 9.20. The molecule has 132 valence electrons. The van der Waals surface area contributed by atoms with Crippen LogP contribution >= 0.6 is 0 Å². The van der Waals surface area contributed by atoms with Crippen molar-refractivity contribution >= 4 is 28.1 Å². The van der Waals surface area contributed by atoms with E-state index in [9.17, 15) is 0 Å². The van der Waals surface area contributed by atoms with Crippen LogP contribution in [0.3, 0.4) is 0 Å². The number of nitrogens with zero attached hydrogens (tertiary/aromatic N) is 3. The van der Waals surface area contributed by atoms with Gasteiger partial charge in [0.25, 0.3) is 0 Å². The van der Waals surface area contributed by atoms with Gasteiger partial charge < -0.3 is 15.0 Å². The highest BCUT2D eigenvalue weighted by atomic mass is 16.5. The van der Waals surface area contributed by atoms with Crippen LogP contribution in [0, 0.1) is 0 Å². The summed E-state index contributed by atoms with van der Waals surface area (Å²) in [5.41, 5.74) is 4.88. The average molecular weight is 355 g/mol. The number of ether oxygens (including phenoxy) is 1. The SMILES string of the molecule is COc1ccc(Nc2ccc3ncc(-c4ccc5[nH]ccc5c4)n3n2)cc1. The molecule has 0 unspecified atom stereocenters. The monoisotopic (exact) mass is 355 g/mol. The smallest absolute Gasteiger partial charge is 0.154 e. The minimum atomic E-state index is 0.745. The van der Waals surface area contributed by atoms with Gasteiger partial charge in [0.2, 0.25) is 0 Å². The van der Waals surface area contributed by atoms with E-state index in [4.69, 9.17) is 9.84 Å². The molecule has 6 nitrogen and oxygen atoms in total. The molecule has 0 bridgehead atoms. The number of hydrogen-bond acceptors (Lipinski definition) is 4. The minimum absolute atomic E-state index is 0.745. The van der Waals surface area contributed by atoms with Gasteiger partial charge in [-0.05, 0) is 54.6 Å². The zero-order valence-electron chi connectivity index (χ0n) is 14.7. The van der Waals surface area contributed by atoms with E-state index in [1.54, 1.807) is 7.11 Å². The standard InChI is InChI=1S/C21H17N5O/c1-27-17-5-3-16(4-6-17)24-20-8-9-21-23-13-19(26(21)25-20)15-2-7-18-14(12-15)10-11-22-18/h2-13,22H,1H3,(H,24,25). The molecule has 0 atom stereocenters. The van der Waals surface area contributed by atoms with Gasteiger partial charge >= 0.3 is 0 Å². The van der Waals surface area contributed by atoms with Crippen LogP contribution in [0.5, 0.6) is 5.75 Å². The predicted molar refractivity (Wildman–Crippen MR) is 107 cm³/mol. The molecule has 27 heavy (non-hydrogen) atoms. The van der Waals surface area contributed by atoms with E-state index in [0.29, 0.717) is 0 Å². The van der Waals surface area contributed by atoms with Crippen LogP contribution in [0.1, 0.15) is 0 Å². The first-order valence-electron chi connectivity index (χ1n) is 8.63. The molecule has 5 rings (SSSR count). The van der Waals surface area contributed by atoms with E-state index in [1.807, 2.05) is 53.3 Å². The van der Waals surface area contributed by atoms with Crippen molar-refractivity contribution in [2.75, 3.05) is 12.4 Å². The Balaban J connectivity index is 1.53. The zero-order valence-corrected chi connectivity index (χ0v) is 14.7. The number of aromatic nitrogens is 4. The summed E-state index contributed by atoms with van der Waals surface area (Å²) in [6, 6.07) is 20.0. The van der Waals surface area contributed by atoms with Gasteiger partial charge in [-0.25, -0.2) is 9.50 Å². The highest BCUT2D eigenvalue weighted by Crippen LogP contribution is 2.25. The van der Waals surface area contributed by atoms with Crippen LogP contribution in [0.2, 0.25) is 0 Å². The summed E-state index contributed by atoms with van der Waals surface area (Å²) >= 11 is 0. The van der Waals surface area contributed by atoms with E-state index in [2.05, 4.69) is 39.6 Å². The first-order valence-corrected chi connectivity index (χ1v) is 8.63.